The molecule has 2 bridgehead atoms. The second-order valence-corrected chi connectivity index (χ2v) is 11.0. The van der Waals surface area contributed by atoms with Crippen LogP contribution in [0.1, 0.15) is 46.5 Å². The molecule has 2 saturated heterocycles. The van der Waals surface area contributed by atoms with Crippen molar-refractivity contribution in [1.29, 1.82) is 0 Å². The number of hydrogen-bond donors (Lipinski definition) is 1. The third-order valence-corrected chi connectivity index (χ3v) is 9.12. The molecule has 3 aliphatic heterocycles. The van der Waals surface area contributed by atoms with Crippen LogP contribution in [0.25, 0.3) is 0 Å². The summed E-state index contributed by atoms with van der Waals surface area (Å²) in [5, 5.41) is 10.6. The van der Waals surface area contributed by atoms with Crippen molar-refractivity contribution in [2.24, 2.45) is 16.7 Å². The number of cyclic esters (lactones) is 2. The van der Waals surface area contributed by atoms with E-state index in [1.54, 1.807) is 6.92 Å². The average molecular weight is 503 g/mol. The average Bonchev–Trinajstić information content (AvgIpc) is 3.62. The molecule has 9 heteroatoms. The summed E-state index contributed by atoms with van der Waals surface area (Å²) in [6, 6.07) is 0. The van der Waals surface area contributed by atoms with Gasteiger partial charge in [-0.1, -0.05) is 37.6 Å². The summed E-state index contributed by atoms with van der Waals surface area (Å²) in [7, 11) is 0. The van der Waals surface area contributed by atoms with Gasteiger partial charge in [-0.05, 0) is 32.1 Å². The van der Waals surface area contributed by atoms with Gasteiger partial charge in [-0.15, -0.1) is 0 Å². The van der Waals surface area contributed by atoms with Crippen molar-refractivity contribution in [3.05, 3.63) is 36.0 Å². The molecule has 0 unspecified atom stereocenters. The van der Waals surface area contributed by atoms with Crippen LogP contribution < -0.4 is 0 Å². The fraction of sp³-hybridized carbons (Fsp3) is 0.667. The Labute approximate surface area is 210 Å². The Bertz CT molecular complexity index is 1020. The van der Waals surface area contributed by atoms with Gasteiger partial charge in [-0.3, -0.25) is 0 Å². The van der Waals surface area contributed by atoms with E-state index >= 15 is 0 Å². The van der Waals surface area contributed by atoms with Gasteiger partial charge < -0.3 is 28.8 Å². The lowest BCUT2D eigenvalue weighted by molar-refractivity contribution is -0.234. The Kier molecular flexibility index (Phi) is 6.37. The van der Waals surface area contributed by atoms with E-state index in [1.165, 1.54) is 29.9 Å². The lowest BCUT2D eigenvalue weighted by Gasteiger charge is -2.58. The molecule has 36 heavy (non-hydrogen) atoms. The molecule has 8 atom stereocenters. The maximum atomic E-state index is 12.9. The maximum Gasteiger partial charge on any atom is 0.335 e. The van der Waals surface area contributed by atoms with E-state index in [0.717, 1.165) is 6.42 Å². The number of hydrogen-bond acceptors (Lipinski definition) is 9. The highest BCUT2D eigenvalue weighted by Gasteiger charge is 2.83. The van der Waals surface area contributed by atoms with Crippen molar-refractivity contribution in [1.82, 2.24) is 0 Å². The minimum absolute atomic E-state index is 0.00000344. The molecular weight excluding hydrogens is 468 g/mol. The zero-order chi connectivity index (χ0) is 25.7. The molecule has 1 N–H and O–H groups in total. The third-order valence-electron chi connectivity index (χ3n) is 9.12. The van der Waals surface area contributed by atoms with E-state index < -0.39 is 52.5 Å². The predicted molar refractivity (Wildman–Crippen MR) is 125 cm³/mol. The summed E-state index contributed by atoms with van der Waals surface area (Å²) in [6.07, 6.45) is 7.11. The van der Waals surface area contributed by atoms with Gasteiger partial charge in [0.15, 0.2) is 6.10 Å². The molecule has 1 saturated carbocycles. The molecule has 5 aliphatic rings. The van der Waals surface area contributed by atoms with E-state index in [9.17, 15) is 19.5 Å². The van der Waals surface area contributed by atoms with Gasteiger partial charge in [-0.2, -0.15) is 0 Å². The first-order valence-corrected chi connectivity index (χ1v) is 12.7. The molecule has 0 aromatic rings. The van der Waals surface area contributed by atoms with Gasteiger partial charge in [0.1, 0.15) is 18.3 Å². The first-order valence-electron chi connectivity index (χ1n) is 12.7. The predicted octanol–water partition coefficient (Wildman–Crippen LogP) is 2.17. The number of carbonyl (C=O) groups excluding carboxylic acids is 3. The Balaban J connectivity index is 1.52. The third kappa shape index (κ3) is 3.83. The summed E-state index contributed by atoms with van der Waals surface area (Å²) in [5.41, 5.74) is -0.820. The number of esters is 3. The van der Waals surface area contributed by atoms with Crippen LogP contribution in [0.15, 0.2) is 36.0 Å². The Morgan fingerprint density at radius 1 is 1.03 bits per heavy atom. The van der Waals surface area contributed by atoms with Crippen LogP contribution >= 0.6 is 0 Å². The van der Waals surface area contributed by atoms with E-state index in [2.05, 4.69) is 19.9 Å². The SMILES string of the molecule is CC1=C[C@@H]2O[C@@H]3C[C@H]4OC(=O)/C=C\C=C\C(=O)OCC[C@@H](C)[C@@H](O)C(=O)OC[C@]2(CC1)[C@@]4(C)[C@@]31CO1. The summed E-state index contributed by atoms with van der Waals surface area (Å²) >= 11 is 0. The minimum atomic E-state index is -1.37. The molecule has 0 aromatic heterocycles. The molecule has 0 aromatic carbocycles. The summed E-state index contributed by atoms with van der Waals surface area (Å²) in [4.78, 5) is 37.6. The zero-order valence-electron chi connectivity index (χ0n) is 20.9. The van der Waals surface area contributed by atoms with Crippen molar-refractivity contribution >= 4 is 17.9 Å². The summed E-state index contributed by atoms with van der Waals surface area (Å²) in [5.74, 6) is -2.34. The van der Waals surface area contributed by atoms with E-state index in [-0.39, 0.29) is 31.8 Å². The Morgan fingerprint density at radius 3 is 2.47 bits per heavy atom. The number of allylic oxidation sites excluding steroid dienone is 3. The second kappa shape index (κ2) is 9.11. The van der Waals surface area contributed by atoms with Crippen LogP contribution in [0.5, 0.6) is 0 Å². The topological polar surface area (TPSA) is 121 Å². The normalized spacial score (nSPS) is 46.8. The van der Waals surface area contributed by atoms with Crippen molar-refractivity contribution in [2.45, 2.75) is 76.5 Å². The molecule has 2 spiro atoms. The first kappa shape index (κ1) is 25.2. The molecule has 3 heterocycles. The largest absolute Gasteiger partial charge is 0.463 e. The number of aliphatic hydroxyl groups is 1. The van der Waals surface area contributed by atoms with Crippen LogP contribution in [-0.4, -0.2) is 72.9 Å². The smallest absolute Gasteiger partial charge is 0.335 e. The molecule has 0 radical (unpaired) electrons. The van der Waals surface area contributed by atoms with Gasteiger partial charge in [0.2, 0.25) is 0 Å². The highest BCUT2D eigenvalue weighted by atomic mass is 16.6. The number of rotatable bonds is 0. The van der Waals surface area contributed by atoms with Crippen molar-refractivity contribution in [2.75, 3.05) is 19.8 Å². The molecule has 0 amide bonds. The molecule has 196 valence electrons. The number of aliphatic hydroxyl groups excluding tert-OH is 1. The quantitative estimate of drug-likeness (QED) is 0.230. The van der Waals surface area contributed by atoms with Crippen LogP contribution in [0, 0.1) is 16.7 Å². The fourth-order valence-corrected chi connectivity index (χ4v) is 6.65. The van der Waals surface area contributed by atoms with Crippen LogP contribution in [-0.2, 0) is 38.1 Å². The second-order valence-electron chi connectivity index (χ2n) is 11.0. The van der Waals surface area contributed by atoms with Gasteiger partial charge in [-0.25, -0.2) is 14.4 Å². The molecule has 3 fully saturated rings. The number of carbonyl (C=O) groups is 3. The highest BCUT2D eigenvalue weighted by molar-refractivity contribution is 5.84. The van der Waals surface area contributed by atoms with Gasteiger partial charge >= 0.3 is 17.9 Å². The highest BCUT2D eigenvalue weighted by Crippen LogP contribution is 2.72. The van der Waals surface area contributed by atoms with Gasteiger partial charge in [0.25, 0.3) is 0 Å². The maximum absolute atomic E-state index is 12.9. The summed E-state index contributed by atoms with van der Waals surface area (Å²) in [6.45, 7) is 6.34. The monoisotopic (exact) mass is 502 g/mol. The lowest BCUT2D eigenvalue weighted by atomic mass is 9.51. The summed E-state index contributed by atoms with van der Waals surface area (Å²) < 4.78 is 29.6. The molecular formula is C27H34O9. The van der Waals surface area contributed by atoms with Crippen LogP contribution in [0.2, 0.25) is 0 Å². The zero-order valence-corrected chi connectivity index (χ0v) is 20.9. The molecule has 2 aliphatic carbocycles. The molecule has 5 rings (SSSR count). The van der Waals surface area contributed by atoms with Gasteiger partial charge in [0.05, 0.1) is 30.8 Å². The fourth-order valence-electron chi connectivity index (χ4n) is 6.65. The standard InChI is InChI=1S/C27H34O9/c1-16-8-10-26-14-33-24(31)23(30)17(2)9-11-32-21(28)6-4-5-7-22(29)36-18-13-20(35-19(26)12-16)27(15-34-27)25(18,26)3/h4-7,12,17-20,23,30H,8-11,13-15H2,1-3H3/b6-4+,7-5-/t17-,18-,19+,20-,23-,25+,26+,27-/m1/s1. The van der Waals surface area contributed by atoms with Gasteiger partial charge in [0, 0.05) is 24.0 Å². The van der Waals surface area contributed by atoms with E-state index in [0.29, 0.717) is 19.4 Å². The van der Waals surface area contributed by atoms with Crippen molar-refractivity contribution in [3.63, 3.8) is 0 Å². The van der Waals surface area contributed by atoms with Crippen LogP contribution in [0.3, 0.4) is 0 Å². The minimum Gasteiger partial charge on any atom is -0.463 e. The van der Waals surface area contributed by atoms with E-state index in [1.807, 2.05) is 0 Å². The van der Waals surface area contributed by atoms with Crippen LogP contribution in [0.4, 0.5) is 0 Å². The number of epoxide rings is 1. The molecule has 9 nitrogen and oxygen atoms in total. The first-order chi connectivity index (χ1) is 17.1. The van der Waals surface area contributed by atoms with E-state index in [4.69, 9.17) is 23.7 Å². The van der Waals surface area contributed by atoms with Crippen molar-refractivity contribution in [3.8, 4) is 0 Å². The van der Waals surface area contributed by atoms with Crippen molar-refractivity contribution < 1.29 is 43.2 Å². The Hall–Kier alpha value is -2.49. The number of ether oxygens (including phenoxy) is 5. The Morgan fingerprint density at radius 2 is 1.75 bits per heavy atom. The lowest BCUT2D eigenvalue weighted by Crippen LogP contribution is -2.66.